The smallest absolute Gasteiger partial charge is 0.223 e. The first-order chi connectivity index (χ1) is 11.0. The van der Waals surface area contributed by atoms with Gasteiger partial charge in [-0.1, -0.05) is 12.1 Å². The first-order valence-corrected chi connectivity index (χ1v) is 7.79. The van der Waals surface area contributed by atoms with Gasteiger partial charge in [-0.3, -0.25) is 9.69 Å². The zero-order chi connectivity index (χ0) is 16.8. The van der Waals surface area contributed by atoms with Crippen molar-refractivity contribution >= 4 is 5.91 Å². The van der Waals surface area contributed by atoms with Gasteiger partial charge < -0.3 is 10.0 Å². The van der Waals surface area contributed by atoms with Crippen LogP contribution in [0.2, 0.25) is 0 Å². The van der Waals surface area contributed by atoms with Crippen LogP contribution in [0.3, 0.4) is 0 Å². The highest BCUT2D eigenvalue weighted by Crippen LogP contribution is 2.32. The molecule has 5 nitrogen and oxygen atoms in total. The Morgan fingerprint density at radius 1 is 1.48 bits per heavy atom. The van der Waals surface area contributed by atoms with Gasteiger partial charge in [0.05, 0.1) is 18.6 Å². The maximum absolute atomic E-state index is 13.1. The van der Waals surface area contributed by atoms with Gasteiger partial charge in [0.1, 0.15) is 5.82 Å². The van der Waals surface area contributed by atoms with Gasteiger partial charge in [0, 0.05) is 39.1 Å². The van der Waals surface area contributed by atoms with E-state index in [2.05, 4.69) is 4.90 Å². The third kappa shape index (κ3) is 4.75. The van der Waals surface area contributed by atoms with E-state index in [-0.39, 0.29) is 17.8 Å². The summed E-state index contributed by atoms with van der Waals surface area (Å²) in [6.45, 7) is 1.48. The monoisotopic (exact) mass is 319 g/mol. The third-order valence-corrected chi connectivity index (χ3v) is 4.23. The summed E-state index contributed by atoms with van der Waals surface area (Å²) in [6.07, 6.45) is 0.815. The fourth-order valence-corrected chi connectivity index (χ4v) is 2.93. The molecule has 1 aliphatic rings. The number of carbonyl (C=O) groups is 1. The number of likely N-dealkylation sites (tertiary alicyclic amines) is 1. The SMILES string of the molecule is CN(CCC#N)C(=O)CCN1C[C@@H](O)C[C@@H]1c1ccc(F)cc1. The summed E-state index contributed by atoms with van der Waals surface area (Å²) in [5.74, 6) is -0.298. The number of benzene rings is 1. The lowest BCUT2D eigenvalue weighted by Crippen LogP contribution is -2.33. The molecule has 2 rings (SSSR count). The van der Waals surface area contributed by atoms with Crippen molar-refractivity contribution in [3.8, 4) is 6.07 Å². The molecule has 1 saturated heterocycles. The molecule has 0 aromatic heterocycles. The van der Waals surface area contributed by atoms with Crippen molar-refractivity contribution in [1.82, 2.24) is 9.80 Å². The molecule has 0 aliphatic carbocycles. The van der Waals surface area contributed by atoms with Crippen LogP contribution in [0.1, 0.15) is 30.9 Å². The number of hydrogen-bond donors (Lipinski definition) is 1. The van der Waals surface area contributed by atoms with Crippen molar-refractivity contribution in [3.63, 3.8) is 0 Å². The maximum atomic E-state index is 13.1. The quantitative estimate of drug-likeness (QED) is 0.866. The molecule has 1 aromatic rings. The first-order valence-electron chi connectivity index (χ1n) is 7.79. The fourth-order valence-electron chi connectivity index (χ4n) is 2.93. The highest BCUT2D eigenvalue weighted by atomic mass is 19.1. The summed E-state index contributed by atoms with van der Waals surface area (Å²) in [7, 11) is 1.69. The van der Waals surface area contributed by atoms with Gasteiger partial charge in [-0.05, 0) is 24.1 Å². The Bertz CT molecular complexity index is 570. The Kier molecular flexibility index (Phi) is 6.08. The number of rotatable bonds is 6. The molecule has 1 amide bonds. The Balaban J connectivity index is 1.93. The number of hydrogen-bond acceptors (Lipinski definition) is 4. The molecule has 1 fully saturated rings. The molecule has 0 bridgehead atoms. The minimum atomic E-state index is -0.434. The van der Waals surface area contributed by atoms with Crippen LogP contribution in [0.15, 0.2) is 24.3 Å². The van der Waals surface area contributed by atoms with Crippen LogP contribution in [0.5, 0.6) is 0 Å². The molecule has 2 atom stereocenters. The molecule has 0 unspecified atom stereocenters. The average Bonchev–Trinajstić information content (AvgIpc) is 2.91. The topological polar surface area (TPSA) is 67.6 Å². The van der Waals surface area contributed by atoms with Gasteiger partial charge in [-0.25, -0.2) is 4.39 Å². The van der Waals surface area contributed by atoms with Crippen molar-refractivity contribution in [3.05, 3.63) is 35.6 Å². The molecule has 23 heavy (non-hydrogen) atoms. The summed E-state index contributed by atoms with van der Waals surface area (Å²) < 4.78 is 13.1. The molecule has 1 heterocycles. The molecule has 1 N–H and O–H groups in total. The van der Waals surface area contributed by atoms with Crippen molar-refractivity contribution in [2.45, 2.75) is 31.4 Å². The van der Waals surface area contributed by atoms with Crippen molar-refractivity contribution in [2.75, 3.05) is 26.7 Å². The Morgan fingerprint density at radius 2 is 2.17 bits per heavy atom. The highest BCUT2D eigenvalue weighted by Gasteiger charge is 2.32. The average molecular weight is 319 g/mol. The van der Waals surface area contributed by atoms with E-state index in [1.807, 2.05) is 6.07 Å². The normalized spacial score (nSPS) is 21.1. The van der Waals surface area contributed by atoms with E-state index in [9.17, 15) is 14.3 Å². The lowest BCUT2D eigenvalue weighted by molar-refractivity contribution is -0.130. The van der Waals surface area contributed by atoms with Gasteiger partial charge in [0.15, 0.2) is 0 Å². The predicted octanol–water partition coefficient (Wildman–Crippen LogP) is 1.70. The highest BCUT2D eigenvalue weighted by molar-refractivity contribution is 5.76. The number of carbonyl (C=O) groups excluding carboxylic acids is 1. The molecule has 124 valence electrons. The van der Waals surface area contributed by atoms with Crippen LogP contribution in [-0.4, -0.2) is 53.6 Å². The van der Waals surface area contributed by atoms with Gasteiger partial charge in [0.2, 0.25) is 5.91 Å². The third-order valence-electron chi connectivity index (χ3n) is 4.23. The second-order valence-corrected chi connectivity index (χ2v) is 5.93. The molecule has 1 aliphatic heterocycles. The van der Waals surface area contributed by atoms with Gasteiger partial charge in [0.25, 0.3) is 0 Å². The van der Waals surface area contributed by atoms with E-state index in [1.54, 1.807) is 24.1 Å². The molecule has 0 spiro atoms. The summed E-state index contributed by atoms with van der Waals surface area (Å²) in [5.41, 5.74) is 0.952. The van der Waals surface area contributed by atoms with Crippen molar-refractivity contribution in [2.24, 2.45) is 0 Å². The van der Waals surface area contributed by atoms with Crippen LogP contribution in [-0.2, 0) is 4.79 Å². The molecule has 6 heteroatoms. The zero-order valence-corrected chi connectivity index (χ0v) is 13.3. The Labute approximate surface area is 135 Å². The number of amides is 1. The van der Waals surface area contributed by atoms with E-state index >= 15 is 0 Å². The van der Waals surface area contributed by atoms with Gasteiger partial charge in [-0.15, -0.1) is 0 Å². The van der Waals surface area contributed by atoms with E-state index in [1.165, 1.54) is 12.1 Å². The first kappa shape index (κ1) is 17.4. The van der Waals surface area contributed by atoms with E-state index in [0.717, 1.165) is 5.56 Å². The Morgan fingerprint density at radius 3 is 2.83 bits per heavy atom. The minimum Gasteiger partial charge on any atom is -0.392 e. The number of halogens is 1. The second kappa shape index (κ2) is 8.04. The van der Waals surface area contributed by atoms with E-state index < -0.39 is 6.10 Å². The number of aliphatic hydroxyl groups is 1. The lowest BCUT2D eigenvalue weighted by atomic mass is 10.0. The molecule has 0 saturated carbocycles. The van der Waals surface area contributed by atoms with Crippen LogP contribution >= 0.6 is 0 Å². The van der Waals surface area contributed by atoms with E-state index in [0.29, 0.717) is 38.9 Å². The van der Waals surface area contributed by atoms with Crippen molar-refractivity contribution < 1.29 is 14.3 Å². The van der Waals surface area contributed by atoms with E-state index in [4.69, 9.17) is 5.26 Å². The summed E-state index contributed by atoms with van der Waals surface area (Å²) >= 11 is 0. The zero-order valence-electron chi connectivity index (χ0n) is 13.3. The Hall–Kier alpha value is -1.97. The predicted molar refractivity (Wildman–Crippen MR) is 83.8 cm³/mol. The lowest BCUT2D eigenvalue weighted by Gasteiger charge is -2.25. The summed E-state index contributed by atoms with van der Waals surface area (Å²) in [5, 5.41) is 18.5. The van der Waals surface area contributed by atoms with Gasteiger partial charge >= 0.3 is 0 Å². The maximum Gasteiger partial charge on any atom is 0.223 e. The summed E-state index contributed by atoms with van der Waals surface area (Å²) in [6, 6.07) is 8.31. The number of nitrogens with zero attached hydrogens (tertiary/aromatic N) is 3. The van der Waals surface area contributed by atoms with Crippen LogP contribution in [0.4, 0.5) is 4.39 Å². The molecule has 1 aromatic carbocycles. The molecular formula is C17H22FN3O2. The standard InChI is InChI=1S/C17H22FN3O2/c1-20(9-2-8-19)17(23)7-10-21-12-15(22)11-16(21)13-3-5-14(18)6-4-13/h3-6,15-16,22H,2,7,9-12H2,1H3/t15-,16+/m0/s1. The van der Waals surface area contributed by atoms with Crippen LogP contribution in [0.25, 0.3) is 0 Å². The minimum absolute atomic E-state index is 0.00261. The second-order valence-electron chi connectivity index (χ2n) is 5.93. The molecular weight excluding hydrogens is 297 g/mol. The fraction of sp³-hybridized carbons (Fsp3) is 0.529. The van der Waals surface area contributed by atoms with Crippen molar-refractivity contribution in [1.29, 1.82) is 5.26 Å². The summed E-state index contributed by atoms with van der Waals surface area (Å²) in [4.78, 5) is 15.7. The number of β-amino-alcohol motifs (C(OH)–C–C–N with tert-alkyl or cyclic N) is 1. The molecule has 0 radical (unpaired) electrons. The van der Waals surface area contributed by atoms with Crippen LogP contribution < -0.4 is 0 Å². The van der Waals surface area contributed by atoms with Crippen LogP contribution in [0, 0.1) is 17.1 Å². The van der Waals surface area contributed by atoms with Gasteiger partial charge in [-0.2, -0.15) is 5.26 Å². The number of nitriles is 1. The number of aliphatic hydroxyl groups excluding tert-OH is 1. The largest absolute Gasteiger partial charge is 0.392 e.